The first-order valence-electron chi connectivity index (χ1n) is 13.9. The number of imidazole rings is 1. The van der Waals surface area contributed by atoms with Crippen molar-refractivity contribution in [3.63, 3.8) is 0 Å². The number of rotatable bonds is 11. The van der Waals surface area contributed by atoms with E-state index in [9.17, 15) is 14.7 Å². The van der Waals surface area contributed by atoms with Crippen LogP contribution >= 0.6 is 0 Å². The fraction of sp³-hybridized carbons (Fsp3) is 0.387. The number of aliphatic hydroxyl groups is 1. The third kappa shape index (κ3) is 6.01. The molecule has 0 aliphatic carbocycles. The molecule has 3 aromatic rings. The summed E-state index contributed by atoms with van der Waals surface area (Å²) in [6, 6.07) is 9.52. The van der Waals surface area contributed by atoms with Crippen LogP contribution in [-0.2, 0) is 16.1 Å². The van der Waals surface area contributed by atoms with Gasteiger partial charge in [-0.25, -0.2) is 4.57 Å². The zero-order valence-corrected chi connectivity index (χ0v) is 23.6. The summed E-state index contributed by atoms with van der Waals surface area (Å²) in [5.74, 6) is 0.902. The van der Waals surface area contributed by atoms with E-state index in [2.05, 4.69) is 18.8 Å². The SMILES string of the molecule is COc1cc(C2C(=C(O)c3ccc4c(c3)OCCO4)C(=O)C(=O)N2CCC[n+]2cc[nH]c2)ccc1OCCC(C)C. The average Bonchev–Trinajstić information content (AvgIpc) is 3.59. The number of carbonyl (C=O) groups is 2. The van der Waals surface area contributed by atoms with Crippen LogP contribution in [-0.4, -0.2) is 60.2 Å². The van der Waals surface area contributed by atoms with Gasteiger partial charge in [0, 0.05) is 18.5 Å². The highest BCUT2D eigenvalue weighted by Gasteiger charge is 2.46. The first-order chi connectivity index (χ1) is 19.9. The van der Waals surface area contributed by atoms with Gasteiger partial charge >= 0.3 is 0 Å². The van der Waals surface area contributed by atoms with Crippen molar-refractivity contribution in [1.82, 2.24) is 9.88 Å². The molecule has 2 aliphatic heterocycles. The molecule has 0 bridgehead atoms. The Morgan fingerprint density at radius 2 is 1.93 bits per heavy atom. The summed E-state index contributed by atoms with van der Waals surface area (Å²) in [4.78, 5) is 31.4. The van der Waals surface area contributed by atoms with Crippen molar-refractivity contribution in [3.8, 4) is 23.0 Å². The number of nitrogens with zero attached hydrogens (tertiary/aromatic N) is 2. The quantitative estimate of drug-likeness (QED) is 0.157. The third-order valence-corrected chi connectivity index (χ3v) is 7.23. The number of carbonyl (C=O) groups excluding carboxylic acids is 2. The van der Waals surface area contributed by atoms with E-state index >= 15 is 0 Å². The molecule has 216 valence electrons. The highest BCUT2D eigenvalue weighted by atomic mass is 16.6. The second-order valence-corrected chi connectivity index (χ2v) is 10.5. The standard InChI is InChI=1S/C31H35N3O7/c1-20(2)9-14-39-23-7-5-21(17-25(23)38-3)28-27(29(35)22-6-8-24-26(18-22)41-16-15-40-24)30(36)31(37)34(28)12-4-11-33-13-10-32-19-33/h5-8,10,13,17-20,28H,4,9,11-12,14-16H2,1-3H3,(H,35,36)/p+1. The van der Waals surface area contributed by atoms with E-state index < -0.39 is 17.7 Å². The van der Waals surface area contributed by atoms with E-state index in [0.29, 0.717) is 79.4 Å². The molecule has 2 N–H and O–H groups in total. The normalized spacial score (nSPS) is 17.8. The number of aromatic nitrogens is 2. The number of ketones is 1. The number of fused-ring (bicyclic) bond motifs is 1. The Balaban J connectivity index is 1.52. The Morgan fingerprint density at radius 3 is 2.66 bits per heavy atom. The predicted octanol–water partition coefficient (Wildman–Crippen LogP) is 4.02. The summed E-state index contributed by atoms with van der Waals surface area (Å²) in [7, 11) is 1.55. The van der Waals surface area contributed by atoms with Crippen LogP contribution in [0.5, 0.6) is 23.0 Å². The van der Waals surface area contributed by atoms with Crippen LogP contribution in [0.4, 0.5) is 0 Å². The van der Waals surface area contributed by atoms with Gasteiger partial charge in [0.1, 0.15) is 31.4 Å². The van der Waals surface area contributed by atoms with Crippen LogP contribution in [0.1, 0.15) is 43.9 Å². The van der Waals surface area contributed by atoms with Crippen LogP contribution in [0.15, 0.2) is 60.7 Å². The van der Waals surface area contributed by atoms with E-state index in [1.165, 1.54) is 4.90 Å². The molecule has 1 amide bonds. The van der Waals surface area contributed by atoms with Crippen LogP contribution in [0, 0.1) is 5.92 Å². The van der Waals surface area contributed by atoms with Crippen LogP contribution in [0.3, 0.4) is 0 Å². The molecule has 10 heteroatoms. The summed E-state index contributed by atoms with van der Waals surface area (Å²) in [5.41, 5.74) is 1.00. The maximum absolute atomic E-state index is 13.5. The Morgan fingerprint density at radius 1 is 1.12 bits per heavy atom. The molecular formula is C31H36N3O7+. The van der Waals surface area contributed by atoms with Crippen molar-refractivity contribution in [2.24, 2.45) is 5.92 Å². The number of H-pyrrole nitrogens is 1. The molecule has 1 aromatic heterocycles. The number of ether oxygens (including phenoxy) is 4. The molecule has 0 saturated carbocycles. The van der Waals surface area contributed by atoms with Gasteiger partial charge in [-0.2, -0.15) is 0 Å². The summed E-state index contributed by atoms with van der Waals surface area (Å²) in [6.07, 6.45) is 7.03. The highest BCUT2D eigenvalue weighted by Crippen LogP contribution is 2.43. The third-order valence-electron chi connectivity index (χ3n) is 7.23. The molecule has 2 aliphatic rings. The Bertz CT molecular complexity index is 1430. The number of likely N-dealkylation sites (tertiary alicyclic amines) is 1. The molecule has 0 spiro atoms. The number of aryl methyl sites for hydroxylation is 1. The molecule has 1 unspecified atom stereocenters. The number of Topliss-reactive ketones (excluding diaryl/α,β-unsaturated/α-hetero) is 1. The highest BCUT2D eigenvalue weighted by molar-refractivity contribution is 6.46. The maximum atomic E-state index is 13.5. The van der Waals surface area contributed by atoms with Gasteiger partial charge in [-0.3, -0.25) is 14.6 Å². The number of amides is 1. The summed E-state index contributed by atoms with van der Waals surface area (Å²) in [5, 5.41) is 11.5. The molecule has 41 heavy (non-hydrogen) atoms. The average molecular weight is 563 g/mol. The fourth-order valence-electron chi connectivity index (χ4n) is 5.06. The first-order valence-corrected chi connectivity index (χ1v) is 13.9. The van der Waals surface area contributed by atoms with Gasteiger partial charge in [0.2, 0.25) is 6.33 Å². The van der Waals surface area contributed by atoms with Gasteiger partial charge < -0.3 is 29.0 Å². The molecule has 10 nitrogen and oxygen atoms in total. The largest absolute Gasteiger partial charge is 0.507 e. The number of hydrogen-bond donors (Lipinski definition) is 2. The minimum atomic E-state index is -0.821. The van der Waals surface area contributed by atoms with Gasteiger partial charge in [-0.1, -0.05) is 19.9 Å². The predicted molar refractivity (Wildman–Crippen MR) is 150 cm³/mol. The topological polar surface area (TPSA) is 114 Å². The number of hydrogen-bond acceptors (Lipinski definition) is 7. The first kappa shape index (κ1) is 28.1. The van der Waals surface area contributed by atoms with Crippen LogP contribution in [0.25, 0.3) is 5.76 Å². The van der Waals surface area contributed by atoms with E-state index in [-0.39, 0.29) is 11.3 Å². The molecule has 0 radical (unpaired) electrons. The molecule has 1 fully saturated rings. The van der Waals surface area contributed by atoms with Crippen molar-refractivity contribution in [2.75, 3.05) is 33.5 Å². The lowest BCUT2D eigenvalue weighted by molar-refractivity contribution is -0.695. The monoisotopic (exact) mass is 562 g/mol. The van der Waals surface area contributed by atoms with Crippen molar-refractivity contribution in [1.29, 1.82) is 0 Å². The molecule has 1 saturated heterocycles. The van der Waals surface area contributed by atoms with Gasteiger partial charge in [-0.05, 0) is 48.2 Å². The zero-order valence-electron chi connectivity index (χ0n) is 23.6. The lowest BCUT2D eigenvalue weighted by atomic mass is 9.94. The van der Waals surface area contributed by atoms with E-state index in [0.717, 1.165) is 6.42 Å². The Kier molecular flexibility index (Phi) is 8.47. The second-order valence-electron chi connectivity index (χ2n) is 10.5. The molecule has 1 atom stereocenters. The maximum Gasteiger partial charge on any atom is 0.295 e. The van der Waals surface area contributed by atoms with Crippen molar-refractivity contribution in [3.05, 3.63) is 71.8 Å². The van der Waals surface area contributed by atoms with Crippen molar-refractivity contribution >= 4 is 17.4 Å². The Hall–Kier alpha value is -4.47. The van der Waals surface area contributed by atoms with E-state index in [4.69, 9.17) is 18.9 Å². The zero-order chi connectivity index (χ0) is 28.9. The van der Waals surface area contributed by atoms with Crippen molar-refractivity contribution in [2.45, 2.75) is 39.3 Å². The van der Waals surface area contributed by atoms with Gasteiger partial charge in [0.15, 0.2) is 23.0 Å². The Labute approximate surface area is 239 Å². The number of aliphatic hydroxyl groups excluding tert-OH is 1. The molecular weight excluding hydrogens is 526 g/mol. The number of nitrogens with one attached hydrogen (secondary N) is 1. The molecule has 5 rings (SSSR count). The summed E-state index contributed by atoms with van der Waals surface area (Å²) in [6.45, 7) is 6.56. The van der Waals surface area contributed by atoms with Crippen LogP contribution in [0.2, 0.25) is 0 Å². The lowest BCUT2D eigenvalue weighted by Gasteiger charge is -2.26. The van der Waals surface area contributed by atoms with Gasteiger partial charge in [0.05, 0.1) is 31.9 Å². The van der Waals surface area contributed by atoms with E-state index in [1.807, 2.05) is 29.4 Å². The van der Waals surface area contributed by atoms with Gasteiger partial charge in [-0.15, -0.1) is 0 Å². The van der Waals surface area contributed by atoms with E-state index in [1.54, 1.807) is 37.4 Å². The van der Waals surface area contributed by atoms with Crippen molar-refractivity contribution < 1.29 is 38.2 Å². The number of aromatic amines is 1. The van der Waals surface area contributed by atoms with Crippen LogP contribution < -0.4 is 23.5 Å². The second kappa shape index (κ2) is 12.4. The molecule has 3 heterocycles. The smallest absolute Gasteiger partial charge is 0.295 e. The molecule has 2 aromatic carbocycles. The minimum absolute atomic E-state index is 0.0107. The minimum Gasteiger partial charge on any atom is -0.507 e. The van der Waals surface area contributed by atoms with Gasteiger partial charge in [0.25, 0.3) is 11.7 Å². The fourth-order valence-corrected chi connectivity index (χ4v) is 5.06. The summed E-state index contributed by atoms with van der Waals surface area (Å²) >= 11 is 0. The summed E-state index contributed by atoms with van der Waals surface area (Å²) < 4.78 is 24.8. The number of benzene rings is 2. The number of methoxy groups -OCH3 is 1. The lowest BCUT2D eigenvalue weighted by Crippen LogP contribution is -2.36.